The molecule has 0 radical (unpaired) electrons. The van der Waals surface area contributed by atoms with E-state index in [4.69, 9.17) is 0 Å². The summed E-state index contributed by atoms with van der Waals surface area (Å²) >= 11 is 2.57. The van der Waals surface area contributed by atoms with Crippen molar-refractivity contribution in [3.05, 3.63) is 34.1 Å². The fourth-order valence-electron chi connectivity index (χ4n) is 1.30. The Bertz CT molecular complexity index is 478. The van der Waals surface area contributed by atoms with E-state index in [0.717, 1.165) is 0 Å². The Kier molecular flexibility index (Phi) is 4.28. The van der Waals surface area contributed by atoms with Crippen LogP contribution in [0.15, 0.2) is 22.7 Å². The summed E-state index contributed by atoms with van der Waals surface area (Å²) in [6, 6.07) is 1.73. The summed E-state index contributed by atoms with van der Waals surface area (Å²) in [5.41, 5.74) is -0.882. The van der Waals surface area contributed by atoms with Gasteiger partial charge in [0, 0.05) is 5.56 Å². The van der Waals surface area contributed by atoms with Crippen LogP contribution in [0.4, 0.5) is 30.7 Å². The fourth-order valence-corrected chi connectivity index (χ4v) is 1.68. The van der Waals surface area contributed by atoms with Gasteiger partial charge >= 0.3 is 12.4 Å². The number of ketones is 1. The molecule has 0 aromatic heterocycles. The number of alkyl halides is 6. The Morgan fingerprint density at radius 2 is 1.53 bits per heavy atom. The monoisotopic (exact) mass is 352 g/mol. The number of rotatable bonds is 2. The average Bonchev–Trinajstić information content (AvgIpc) is 2.17. The quantitative estimate of drug-likeness (QED) is 0.565. The topological polar surface area (TPSA) is 17.1 Å². The highest BCUT2D eigenvalue weighted by Gasteiger charge is 2.60. The number of halogens is 8. The molecule has 0 atom stereocenters. The Morgan fingerprint density at radius 1 is 1.05 bits per heavy atom. The van der Waals surface area contributed by atoms with E-state index in [1.165, 1.54) is 0 Å². The Balaban J connectivity index is 3.24. The molecule has 0 aliphatic heterocycles. The lowest BCUT2D eigenvalue weighted by atomic mass is 9.96. The molecule has 0 saturated heterocycles. The molecular formula is C10H4BrF7O. The maximum Gasteiger partial charge on any atom is 0.407 e. The van der Waals surface area contributed by atoms with Crippen LogP contribution >= 0.6 is 15.9 Å². The van der Waals surface area contributed by atoms with Crippen LogP contribution in [0.2, 0.25) is 0 Å². The standard InChI is InChI=1S/C10H4BrF7O/c11-5-3-4(1-2-6(5)12)7(19)8(9(13,14)15)10(16,17)18/h1-3,8H. The van der Waals surface area contributed by atoms with Crippen molar-refractivity contribution >= 4 is 21.7 Å². The van der Waals surface area contributed by atoms with Crippen LogP contribution in [-0.4, -0.2) is 18.1 Å². The maximum absolute atomic E-state index is 12.8. The number of hydrogen-bond donors (Lipinski definition) is 0. The molecule has 9 heteroatoms. The first kappa shape index (κ1) is 15.9. The predicted octanol–water partition coefficient (Wildman–Crippen LogP) is 4.51. The van der Waals surface area contributed by atoms with E-state index in [0.29, 0.717) is 18.2 Å². The van der Waals surface area contributed by atoms with Crippen molar-refractivity contribution in [1.29, 1.82) is 0 Å². The molecule has 0 aliphatic carbocycles. The zero-order chi connectivity index (χ0) is 15.0. The molecule has 106 valence electrons. The lowest BCUT2D eigenvalue weighted by molar-refractivity contribution is -0.264. The van der Waals surface area contributed by atoms with Crippen LogP contribution in [0.3, 0.4) is 0 Å². The summed E-state index contributed by atoms with van der Waals surface area (Å²) in [7, 11) is 0. The van der Waals surface area contributed by atoms with Crippen molar-refractivity contribution in [3.63, 3.8) is 0 Å². The molecule has 19 heavy (non-hydrogen) atoms. The number of carbonyl (C=O) groups excluding carboxylic acids is 1. The second-order valence-electron chi connectivity index (χ2n) is 3.51. The zero-order valence-corrected chi connectivity index (χ0v) is 10.3. The molecule has 1 rings (SSSR count). The molecule has 0 heterocycles. The van der Waals surface area contributed by atoms with E-state index in [9.17, 15) is 35.5 Å². The van der Waals surface area contributed by atoms with Gasteiger partial charge in [-0.2, -0.15) is 26.3 Å². The molecule has 0 aliphatic rings. The van der Waals surface area contributed by atoms with E-state index in [2.05, 4.69) is 15.9 Å². The molecule has 0 amide bonds. The van der Waals surface area contributed by atoms with E-state index in [-0.39, 0.29) is 0 Å². The molecule has 1 aromatic rings. The Hall–Kier alpha value is -1.12. The molecular weight excluding hydrogens is 349 g/mol. The minimum absolute atomic E-state index is 0.401. The third-order valence-corrected chi connectivity index (χ3v) is 2.73. The lowest BCUT2D eigenvalue weighted by Gasteiger charge is -2.21. The minimum atomic E-state index is -5.77. The lowest BCUT2D eigenvalue weighted by Crippen LogP contribution is -2.42. The molecule has 0 saturated carbocycles. The van der Waals surface area contributed by atoms with Crippen LogP contribution in [0.1, 0.15) is 10.4 Å². The number of hydrogen-bond acceptors (Lipinski definition) is 1. The van der Waals surface area contributed by atoms with Crippen molar-refractivity contribution in [1.82, 2.24) is 0 Å². The molecule has 0 spiro atoms. The number of carbonyl (C=O) groups is 1. The predicted molar refractivity (Wildman–Crippen MR) is 54.0 cm³/mol. The van der Waals surface area contributed by atoms with E-state index in [1.54, 1.807) is 0 Å². The van der Waals surface area contributed by atoms with Gasteiger partial charge in [-0.25, -0.2) is 4.39 Å². The van der Waals surface area contributed by atoms with Crippen LogP contribution in [-0.2, 0) is 0 Å². The minimum Gasteiger partial charge on any atom is -0.293 e. The summed E-state index contributed by atoms with van der Waals surface area (Å²) in [5.74, 6) is -7.22. The molecule has 1 aromatic carbocycles. The van der Waals surface area contributed by atoms with Crippen molar-refractivity contribution in [2.75, 3.05) is 0 Å². The second kappa shape index (κ2) is 5.10. The second-order valence-corrected chi connectivity index (χ2v) is 4.36. The highest BCUT2D eigenvalue weighted by Crippen LogP contribution is 2.41. The van der Waals surface area contributed by atoms with Crippen LogP contribution in [0, 0.1) is 11.7 Å². The third-order valence-electron chi connectivity index (χ3n) is 2.12. The average molecular weight is 353 g/mol. The van der Waals surface area contributed by atoms with Crippen molar-refractivity contribution in [2.45, 2.75) is 12.4 Å². The highest BCUT2D eigenvalue weighted by atomic mass is 79.9. The van der Waals surface area contributed by atoms with Crippen LogP contribution in [0.25, 0.3) is 0 Å². The number of Topliss-reactive ketones (excluding diaryl/α,β-unsaturated/α-hetero) is 1. The maximum atomic E-state index is 12.8. The summed E-state index contributed by atoms with van der Waals surface area (Å²) in [6.45, 7) is 0. The van der Waals surface area contributed by atoms with Crippen LogP contribution in [0.5, 0.6) is 0 Å². The van der Waals surface area contributed by atoms with E-state index in [1.807, 2.05) is 0 Å². The Morgan fingerprint density at radius 3 is 1.89 bits per heavy atom. The smallest absolute Gasteiger partial charge is 0.293 e. The van der Waals surface area contributed by atoms with Gasteiger partial charge in [-0.15, -0.1) is 0 Å². The van der Waals surface area contributed by atoms with Gasteiger partial charge in [-0.1, -0.05) is 0 Å². The first-order valence-corrected chi connectivity index (χ1v) is 5.36. The molecule has 1 nitrogen and oxygen atoms in total. The van der Waals surface area contributed by atoms with E-state index >= 15 is 0 Å². The first-order chi connectivity index (χ1) is 8.44. The number of benzene rings is 1. The van der Waals surface area contributed by atoms with Gasteiger partial charge in [0.05, 0.1) is 4.47 Å². The summed E-state index contributed by atoms with van der Waals surface area (Å²) in [6.07, 6.45) is -11.5. The summed E-state index contributed by atoms with van der Waals surface area (Å²) < 4.78 is 86.3. The SMILES string of the molecule is O=C(c1ccc(F)c(Br)c1)C(C(F)(F)F)C(F)(F)F. The van der Waals surface area contributed by atoms with Gasteiger partial charge < -0.3 is 0 Å². The van der Waals surface area contributed by atoms with Crippen molar-refractivity contribution in [3.8, 4) is 0 Å². The van der Waals surface area contributed by atoms with Gasteiger partial charge in [0.15, 0.2) is 5.78 Å². The summed E-state index contributed by atoms with van der Waals surface area (Å²) in [5, 5.41) is 0. The van der Waals surface area contributed by atoms with Gasteiger partial charge in [0.1, 0.15) is 5.82 Å². The third kappa shape index (κ3) is 3.68. The molecule has 0 unspecified atom stereocenters. The van der Waals surface area contributed by atoms with Gasteiger partial charge in [-0.05, 0) is 34.1 Å². The van der Waals surface area contributed by atoms with Crippen molar-refractivity contribution in [2.24, 2.45) is 5.92 Å². The van der Waals surface area contributed by atoms with E-state index < -0.39 is 39.9 Å². The van der Waals surface area contributed by atoms with Gasteiger partial charge in [0.2, 0.25) is 5.92 Å². The molecule has 0 fully saturated rings. The normalized spacial score (nSPS) is 12.9. The summed E-state index contributed by atoms with van der Waals surface area (Å²) in [4.78, 5) is 11.3. The van der Waals surface area contributed by atoms with Crippen LogP contribution < -0.4 is 0 Å². The molecule has 0 N–H and O–H groups in total. The molecule has 0 bridgehead atoms. The highest BCUT2D eigenvalue weighted by molar-refractivity contribution is 9.10. The fraction of sp³-hybridized carbons (Fsp3) is 0.300. The Labute approximate surface area is 110 Å². The first-order valence-electron chi connectivity index (χ1n) is 4.57. The van der Waals surface area contributed by atoms with Gasteiger partial charge in [0.25, 0.3) is 0 Å². The zero-order valence-electron chi connectivity index (χ0n) is 8.74. The largest absolute Gasteiger partial charge is 0.407 e. The van der Waals surface area contributed by atoms with Crippen molar-refractivity contribution < 1.29 is 35.5 Å². The van der Waals surface area contributed by atoms with Gasteiger partial charge in [-0.3, -0.25) is 4.79 Å².